The van der Waals surface area contributed by atoms with Crippen LogP contribution in [0.4, 0.5) is 15.8 Å². The van der Waals surface area contributed by atoms with Gasteiger partial charge < -0.3 is 15.8 Å². The quantitative estimate of drug-likeness (QED) is 0.624. The lowest BCUT2D eigenvalue weighted by Gasteiger charge is -2.17. The molecule has 0 unspecified atom stereocenters. The molecule has 4 heteroatoms. The largest absolute Gasteiger partial charge is 0.491 e. The summed E-state index contributed by atoms with van der Waals surface area (Å²) in [6.07, 6.45) is 6.20. The van der Waals surface area contributed by atoms with Crippen molar-refractivity contribution in [1.82, 2.24) is 0 Å². The van der Waals surface area contributed by atoms with Gasteiger partial charge in [-0.2, -0.15) is 0 Å². The summed E-state index contributed by atoms with van der Waals surface area (Å²) >= 11 is 0. The minimum absolute atomic E-state index is 0.246. The topological polar surface area (TPSA) is 47.3 Å². The van der Waals surface area contributed by atoms with Gasteiger partial charge in [0.25, 0.3) is 0 Å². The van der Waals surface area contributed by atoms with Gasteiger partial charge in [0, 0.05) is 18.2 Å². The summed E-state index contributed by atoms with van der Waals surface area (Å²) in [6.45, 7) is 2.26. The zero-order valence-electron chi connectivity index (χ0n) is 9.87. The molecule has 0 atom stereocenters. The molecule has 1 aliphatic rings. The van der Waals surface area contributed by atoms with Gasteiger partial charge in [-0.1, -0.05) is 12.2 Å². The van der Waals surface area contributed by atoms with Crippen LogP contribution < -0.4 is 15.8 Å². The van der Waals surface area contributed by atoms with Crippen LogP contribution in [0.1, 0.15) is 19.8 Å². The summed E-state index contributed by atoms with van der Waals surface area (Å²) in [5.74, 6) is -0.172. The molecule has 0 fully saturated rings. The van der Waals surface area contributed by atoms with Crippen LogP contribution in [0, 0.1) is 5.82 Å². The fraction of sp³-hybridized carbons (Fsp3) is 0.385. The lowest BCUT2D eigenvalue weighted by Crippen LogP contribution is -2.16. The van der Waals surface area contributed by atoms with Gasteiger partial charge >= 0.3 is 0 Å². The summed E-state index contributed by atoms with van der Waals surface area (Å²) in [7, 11) is 0. The number of hydrogen-bond donors (Lipinski definition) is 2. The highest BCUT2D eigenvalue weighted by molar-refractivity contribution is 5.69. The van der Waals surface area contributed by atoms with Crippen molar-refractivity contribution >= 4 is 11.4 Å². The zero-order chi connectivity index (χ0) is 12.3. The Kier molecular flexibility index (Phi) is 3.52. The first-order chi connectivity index (χ1) is 8.20. The maximum atomic E-state index is 13.5. The smallest absolute Gasteiger partial charge is 0.167 e. The highest BCUT2D eigenvalue weighted by Gasteiger charge is 2.14. The summed E-state index contributed by atoms with van der Waals surface area (Å²) < 4.78 is 18.7. The van der Waals surface area contributed by atoms with E-state index < -0.39 is 5.82 Å². The van der Waals surface area contributed by atoms with E-state index in [1.807, 2.05) is 6.92 Å². The standard InChI is InChI=1S/C13H17FN2O/c1-2-17-13-8-12(11(15)7-10(13)14)16-9-5-3-4-6-9/h3-4,7-9,16H,2,5-6,15H2,1H3. The fourth-order valence-corrected chi connectivity index (χ4v) is 1.91. The molecule has 0 radical (unpaired) electrons. The first kappa shape index (κ1) is 11.8. The van der Waals surface area contributed by atoms with Crippen LogP contribution in [0.15, 0.2) is 24.3 Å². The molecule has 3 N–H and O–H groups in total. The Morgan fingerprint density at radius 3 is 2.76 bits per heavy atom. The summed E-state index contributed by atoms with van der Waals surface area (Å²) in [6, 6.07) is 3.28. The van der Waals surface area contributed by atoms with Gasteiger partial charge in [-0.15, -0.1) is 0 Å². The third-order valence-corrected chi connectivity index (χ3v) is 2.77. The van der Waals surface area contributed by atoms with Crippen molar-refractivity contribution < 1.29 is 9.13 Å². The third kappa shape index (κ3) is 2.70. The minimum atomic E-state index is -0.417. The van der Waals surface area contributed by atoms with E-state index in [0.717, 1.165) is 18.5 Å². The van der Waals surface area contributed by atoms with Crippen molar-refractivity contribution in [2.45, 2.75) is 25.8 Å². The maximum Gasteiger partial charge on any atom is 0.167 e. The number of hydrogen-bond acceptors (Lipinski definition) is 3. The second-order valence-electron chi connectivity index (χ2n) is 4.09. The lowest BCUT2D eigenvalue weighted by atomic mass is 10.2. The van der Waals surface area contributed by atoms with E-state index in [1.165, 1.54) is 6.07 Å². The van der Waals surface area contributed by atoms with E-state index in [0.29, 0.717) is 18.3 Å². The molecule has 0 amide bonds. The molecule has 1 aromatic rings. The van der Waals surface area contributed by atoms with Gasteiger partial charge in [0.05, 0.1) is 18.0 Å². The molecule has 1 aliphatic carbocycles. The van der Waals surface area contributed by atoms with Gasteiger partial charge in [-0.05, 0) is 19.8 Å². The second-order valence-corrected chi connectivity index (χ2v) is 4.09. The van der Waals surface area contributed by atoms with Gasteiger partial charge in [0.15, 0.2) is 11.6 Å². The highest BCUT2D eigenvalue weighted by Crippen LogP contribution is 2.30. The first-order valence-corrected chi connectivity index (χ1v) is 5.84. The molecule has 0 saturated heterocycles. The number of nitrogen functional groups attached to an aromatic ring is 1. The van der Waals surface area contributed by atoms with Gasteiger partial charge in [-0.3, -0.25) is 0 Å². The average molecular weight is 236 g/mol. The van der Waals surface area contributed by atoms with Gasteiger partial charge in [0.2, 0.25) is 0 Å². The number of ether oxygens (including phenoxy) is 1. The van der Waals surface area contributed by atoms with Crippen LogP contribution in [0.5, 0.6) is 5.75 Å². The lowest BCUT2D eigenvalue weighted by molar-refractivity contribution is 0.322. The third-order valence-electron chi connectivity index (χ3n) is 2.77. The molecular weight excluding hydrogens is 219 g/mol. The van der Waals surface area contributed by atoms with Crippen molar-refractivity contribution in [2.75, 3.05) is 17.7 Å². The minimum Gasteiger partial charge on any atom is -0.491 e. The Morgan fingerprint density at radius 1 is 1.41 bits per heavy atom. The van der Waals surface area contributed by atoms with Crippen LogP contribution in [0.2, 0.25) is 0 Å². The molecule has 2 rings (SSSR count). The molecule has 1 aromatic carbocycles. The van der Waals surface area contributed by atoms with E-state index in [-0.39, 0.29) is 5.75 Å². The molecule has 0 saturated carbocycles. The Morgan fingerprint density at radius 2 is 2.12 bits per heavy atom. The fourth-order valence-electron chi connectivity index (χ4n) is 1.91. The molecule has 0 aromatic heterocycles. The van der Waals surface area contributed by atoms with Crippen LogP contribution in [-0.2, 0) is 0 Å². The number of halogens is 1. The number of benzene rings is 1. The SMILES string of the molecule is CCOc1cc(NC2CC=CC2)c(N)cc1F. The van der Waals surface area contributed by atoms with Crippen molar-refractivity contribution in [3.63, 3.8) is 0 Å². The first-order valence-electron chi connectivity index (χ1n) is 5.84. The van der Waals surface area contributed by atoms with Crippen LogP contribution >= 0.6 is 0 Å². The van der Waals surface area contributed by atoms with Crippen LogP contribution in [-0.4, -0.2) is 12.6 Å². The number of nitrogens with two attached hydrogens (primary N) is 1. The molecule has 3 nitrogen and oxygen atoms in total. The average Bonchev–Trinajstić information content (AvgIpc) is 2.78. The normalized spacial score (nSPS) is 15.2. The number of nitrogens with one attached hydrogen (secondary N) is 1. The van der Waals surface area contributed by atoms with Gasteiger partial charge in [0.1, 0.15) is 0 Å². The van der Waals surface area contributed by atoms with E-state index in [1.54, 1.807) is 6.07 Å². The van der Waals surface area contributed by atoms with Gasteiger partial charge in [-0.25, -0.2) is 4.39 Å². The monoisotopic (exact) mass is 236 g/mol. The Labute approximate surface area is 100 Å². The number of rotatable bonds is 4. The summed E-state index contributed by atoms with van der Waals surface area (Å²) in [5.41, 5.74) is 6.94. The molecule has 0 heterocycles. The predicted octanol–water partition coefficient (Wildman–Crippen LogP) is 2.94. The molecule has 0 spiro atoms. The molecule has 17 heavy (non-hydrogen) atoms. The Balaban J connectivity index is 2.17. The Bertz CT molecular complexity index is 424. The molecule has 0 bridgehead atoms. The van der Waals surface area contributed by atoms with Crippen molar-refractivity contribution in [2.24, 2.45) is 0 Å². The van der Waals surface area contributed by atoms with Crippen LogP contribution in [0.3, 0.4) is 0 Å². The van der Waals surface area contributed by atoms with E-state index in [9.17, 15) is 4.39 Å². The van der Waals surface area contributed by atoms with Crippen molar-refractivity contribution in [3.05, 3.63) is 30.1 Å². The van der Waals surface area contributed by atoms with E-state index >= 15 is 0 Å². The highest BCUT2D eigenvalue weighted by atomic mass is 19.1. The van der Waals surface area contributed by atoms with E-state index in [4.69, 9.17) is 10.5 Å². The summed E-state index contributed by atoms with van der Waals surface area (Å²) in [5, 5.41) is 3.30. The summed E-state index contributed by atoms with van der Waals surface area (Å²) in [4.78, 5) is 0. The van der Waals surface area contributed by atoms with Crippen LogP contribution in [0.25, 0.3) is 0 Å². The van der Waals surface area contributed by atoms with E-state index in [2.05, 4.69) is 17.5 Å². The van der Waals surface area contributed by atoms with Crippen molar-refractivity contribution in [1.29, 1.82) is 0 Å². The zero-order valence-corrected chi connectivity index (χ0v) is 9.87. The molecule has 0 aliphatic heterocycles. The number of anilines is 2. The molecular formula is C13H17FN2O. The van der Waals surface area contributed by atoms with Crippen molar-refractivity contribution in [3.8, 4) is 5.75 Å². The second kappa shape index (κ2) is 5.08. The Hall–Kier alpha value is -1.71. The molecule has 92 valence electrons. The maximum absolute atomic E-state index is 13.5. The predicted molar refractivity (Wildman–Crippen MR) is 67.8 cm³/mol.